The molecule has 0 spiro atoms. The van der Waals surface area contributed by atoms with Crippen molar-refractivity contribution in [2.24, 2.45) is 0 Å². The summed E-state index contributed by atoms with van der Waals surface area (Å²) < 4.78 is 11.6. The van der Waals surface area contributed by atoms with Gasteiger partial charge < -0.3 is 8.85 Å². The van der Waals surface area contributed by atoms with Gasteiger partial charge in [0.05, 0.1) is 0 Å². The number of hydrogen-bond donors (Lipinski definition) is 0. The van der Waals surface area contributed by atoms with Crippen molar-refractivity contribution < 1.29 is 8.85 Å². The molecule has 0 bridgehead atoms. The van der Waals surface area contributed by atoms with Gasteiger partial charge in [0.15, 0.2) is 0 Å². The normalized spacial score (nSPS) is 27.5. The Hall–Kier alpha value is -0.643. The van der Waals surface area contributed by atoms with E-state index in [1.807, 2.05) is 6.07 Å². The van der Waals surface area contributed by atoms with Crippen LogP contribution in [0.5, 0.6) is 0 Å². The molecule has 0 amide bonds. The van der Waals surface area contributed by atoms with Crippen molar-refractivity contribution in [2.75, 3.05) is 13.7 Å². The molecule has 3 heteroatoms. The summed E-state index contributed by atoms with van der Waals surface area (Å²) in [5, 5.41) is 1.27. The molecule has 1 fully saturated rings. The number of rotatable bonds is 2. The van der Waals surface area contributed by atoms with Crippen LogP contribution in [0.3, 0.4) is 0 Å². The zero-order valence-electron chi connectivity index (χ0n) is 8.53. The van der Waals surface area contributed by atoms with Crippen molar-refractivity contribution in [1.82, 2.24) is 0 Å². The van der Waals surface area contributed by atoms with E-state index in [-0.39, 0.29) is 0 Å². The Morgan fingerprint density at radius 2 is 2.00 bits per heavy atom. The molecule has 2 rings (SSSR count). The van der Waals surface area contributed by atoms with Gasteiger partial charge in [0, 0.05) is 13.7 Å². The maximum absolute atomic E-state index is 5.92. The van der Waals surface area contributed by atoms with Crippen molar-refractivity contribution in [2.45, 2.75) is 18.9 Å². The van der Waals surface area contributed by atoms with E-state index >= 15 is 0 Å². The lowest BCUT2D eigenvalue weighted by Gasteiger charge is -2.32. The van der Waals surface area contributed by atoms with Crippen LogP contribution in [0.15, 0.2) is 30.3 Å². The summed E-state index contributed by atoms with van der Waals surface area (Å²) in [6.07, 6.45) is 2.40. The van der Waals surface area contributed by atoms with E-state index in [1.54, 1.807) is 7.11 Å². The molecule has 2 nitrogen and oxygen atoms in total. The fraction of sp³-hybridized carbons (Fsp3) is 0.455. The Kier molecular flexibility index (Phi) is 3.01. The molecule has 1 aromatic rings. The molecule has 0 saturated carbocycles. The maximum Gasteiger partial charge on any atom is 0.372 e. The Labute approximate surface area is 86.1 Å². The molecule has 76 valence electrons. The predicted molar refractivity (Wildman–Crippen MR) is 58.8 cm³/mol. The number of benzene rings is 1. The minimum Gasteiger partial charge on any atom is -0.394 e. The fourth-order valence-electron chi connectivity index (χ4n) is 1.97. The molecule has 1 atom stereocenters. The molecule has 0 radical (unpaired) electrons. The van der Waals surface area contributed by atoms with Crippen molar-refractivity contribution in [3.8, 4) is 0 Å². The Balaban J connectivity index is 2.27. The van der Waals surface area contributed by atoms with Gasteiger partial charge in [-0.15, -0.1) is 0 Å². The standard InChI is InChI=1S/C11H16O2Si/c1-12-14(10-6-5-9-13-14)11-7-3-2-4-8-11/h2-4,7-8H,5-6,9-10H2,1H3. The Morgan fingerprint density at radius 1 is 1.21 bits per heavy atom. The highest BCUT2D eigenvalue weighted by molar-refractivity contribution is 6.81. The van der Waals surface area contributed by atoms with Gasteiger partial charge in [-0.2, -0.15) is 0 Å². The van der Waals surface area contributed by atoms with Gasteiger partial charge in [-0.25, -0.2) is 0 Å². The highest BCUT2D eigenvalue weighted by Gasteiger charge is 2.40. The molecular weight excluding hydrogens is 192 g/mol. The Bertz CT molecular complexity index is 281. The van der Waals surface area contributed by atoms with Crippen molar-refractivity contribution in [1.29, 1.82) is 0 Å². The van der Waals surface area contributed by atoms with Crippen molar-refractivity contribution in [3.05, 3.63) is 30.3 Å². The molecule has 0 aromatic heterocycles. The van der Waals surface area contributed by atoms with E-state index in [0.29, 0.717) is 0 Å². The monoisotopic (exact) mass is 208 g/mol. The van der Waals surface area contributed by atoms with Crippen LogP contribution in [0, 0.1) is 0 Å². The molecule has 1 aromatic carbocycles. The zero-order valence-corrected chi connectivity index (χ0v) is 9.53. The van der Waals surface area contributed by atoms with E-state index in [9.17, 15) is 0 Å². The first kappa shape index (κ1) is 9.89. The first-order chi connectivity index (χ1) is 6.87. The summed E-state index contributed by atoms with van der Waals surface area (Å²) in [7, 11) is -0.250. The third kappa shape index (κ3) is 1.75. The molecule has 0 N–H and O–H groups in total. The van der Waals surface area contributed by atoms with Crippen LogP contribution < -0.4 is 5.19 Å². The average molecular weight is 208 g/mol. The molecule has 1 aliphatic rings. The van der Waals surface area contributed by atoms with Crippen molar-refractivity contribution in [3.63, 3.8) is 0 Å². The second-order valence-corrected chi connectivity index (χ2v) is 6.91. The predicted octanol–water partition coefficient (Wildman–Crippen LogP) is 1.79. The van der Waals surface area contributed by atoms with Gasteiger partial charge >= 0.3 is 8.56 Å². The summed E-state index contributed by atoms with van der Waals surface area (Å²) in [5.74, 6) is 0. The topological polar surface area (TPSA) is 18.5 Å². The maximum atomic E-state index is 5.92. The molecular formula is C11H16O2Si. The molecule has 1 heterocycles. The third-order valence-electron chi connectivity index (χ3n) is 2.78. The average Bonchev–Trinajstić information content (AvgIpc) is 2.31. The van der Waals surface area contributed by atoms with E-state index in [4.69, 9.17) is 8.85 Å². The Morgan fingerprint density at radius 3 is 2.57 bits per heavy atom. The smallest absolute Gasteiger partial charge is 0.372 e. The minimum absolute atomic E-state index is 0.856. The quantitative estimate of drug-likeness (QED) is 0.690. The van der Waals surface area contributed by atoms with Gasteiger partial charge in [-0.1, -0.05) is 30.3 Å². The van der Waals surface area contributed by atoms with Gasteiger partial charge in [-0.3, -0.25) is 0 Å². The second kappa shape index (κ2) is 4.25. The lowest BCUT2D eigenvalue weighted by atomic mass is 10.3. The molecule has 1 aliphatic heterocycles. The van der Waals surface area contributed by atoms with Crippen LogP contribution in [0.2, 0.25) is 6.04 Å². The van der Waals surface area contributed by atoms with Crippen LogP contribution in [0.25, 0.3) is 0 Å². The molecule has 1 saturated heterocycles. The van der Waals surface area contributed by atoms with Gasteiger partial charge in [0.25, 0.3) is 0 Å². The zero-order chi connectivity index (χ0) is 9.86. The SMILES string of the molecule is CO[Si]1(c2ccccc2)CCCCO1. The lowest BCUT2D eigenvalue weighted by molar-refractivity contribution is 0.188. The summed E-state index contributed by atoms with van der Waals surface area (Å²) in [6.45, 7) is 0.856. The van der Waals surface area contributed by atoms with Crippen LogP contribution in [0.4, 0.5) is 0 Å². The van der Waals surface area contributed by atoms with Crippen LogP contribution in [-0.2, 0) is 8.85 Å². The van der Waals surface area contributed by atoms with Crippen LogP contribution in [-0.4, -0.2) is 22.3 Å². The van der Waals surface area contributed by atoms with Crippen molar-refractivity contribution >= 4 is 13.7 Å². The minimum atomic E-state index is -2.03. The first-order valence-corrected chi connectivity index (χ1v) is 7.14. The summed E-state index contributed by atoms with van der Waals surface area (Å²) >= 11 is 0. The van der Waals surface area contributed by atoms with Crippen LogP contribution >= 0.6 is 0 Å². The van der Waals surface area contributed by atoms with E-state index < -0.39 is 8.56 Å². The van der Waals surface area contributed by atoms with E-state index in [2.05, 4.69) is 24.3 Å². The van der Waals surface area contributed by atoms with Crippen LogP contribution in [0.1, 0.15) is 12.8 Å². The summed E-state index contributed by atoms with van der Waals surface area (Å²) in [4.78, 5) is 0. The summed E-state index contributed by atoms with van der Waals surface area (Å²) in [6, 6.07) is 11.5. The van der Waals surface area contributed by atoms with Gasteiger partial charge in [-0.05, 0) is 24.1 Å². The molecule has 0 aliphatic carbocycles. The molecule has 1 unspecified atom stereocenters. The lowest BCUT2D eigenvalue weighted by Crippen LogP contribution is -2.54. The van der Waals surface area contributed by atoms with E-state index in [0.717, 1.165) is 12.7 Å². The second-order valence-electron chi connectivity index (χ2n) is 3.63. The highest BCUT2D eigenvalue weighted by Crippen LogP contribution is 2.21. The van der Waals surface area contributed by atoms with Gasteiger partial charge in [0.1, 0.15) is 0 Å². The highest BCUT2D eigenvalue weighted by atomic mass is 28.4. The molecule has 14 heavy (non-hydrogen) atoms. The fourth-order valence-corrected chi connectivity index (χ4v) is 5.01. The third-order valence-corrected chi connectivity index (χ3v) is 6.33. The summed E-state index contributed by atoms with van der Waals surface area (Å²) in [5.41, 5.74) is 0. The van der Waals surface area contributed by atoms with Gasteiger partial charge in [0.2, 0.25) is 0 Å². The number of hydrogen-bond acceptors (Lipinski definition) is 2. The first-order valence-electron chi connectivity index (χ1n) is 5.12. The largest absolute Gasteiger partial charge is 0.394 e. The van der Waals surface area contributed by atoms with E-state index in [1.165, 1.54) is 18.0 Å².